The highest BCUT2D eigenvalue weighted by Gasteiger charge is 2.40. The van der Waals surface area contributed by atoms with Gasteiger partial charge < -0.3 is 5.11 Å². The third-order valence-corrected chi connectivity index (χ3v) is 2.11. The van der Waals surface area contributed by atoms with Gasteiger partial charge in [0.15, 0.2) is 5.78 Å². The summed E-state index contributed by atoms with van der Waals surface area (Å²) in [7, 11) is 0. The lowest BCUT2D eigenvalue weighted by molar-refractivity contribution is -0.125. The number of ketones is 1. The first-order valence-electron chi connectivity index (χ1n) is 3.45. The van der Waals surface area contributed by atoms with Crippen LogP contribution in [0.4, 0.5) is 0 Å². The van der Waals surface area contributed by atoms with Gasteiger partial charge in [-0.3, -0.25) is 4.79 Å². The zero-order valence-corrected chi connectivity index (χ0v) is 6.37. The molecule has 2 heteroatoms. The van der Waals surface area contributed by atoms with Crippen LogP contribution in [0.1, 0.15) is 13.3 Å². The molecule has 2 nitrogen and oxygen atoms in total. The number of hydrogen-bond donors (Lipinski definition) is 1. The van der Waals surface area contributed by atoms with E-state index in [0.29, 0.717) is 6.42 Å². The molecule has 0 saturated carbocycles. The predicted molar refractivity (Wildman–Crippen MR) is 41.7 cm³/mol. The van der Waals surface area contributed by atoms with Crippen LogP contribution in [0.2, 0.25) is 0 Å². The van der Waals surface area contributed by atoms with Crippen LogP contribution >= 0.6 is 0 Å². The molecule has 2 atom stereocenters. The molecule has 1 N–H and O–H groups in total. The van der Waals surface area contributed by atoms with Crippen LogP contribution in [0.25, 0.3) is 0 Å². The standard InChI is InChI=1S/C9H10O2/c1-3-6-9(2)7(10)4-5-8(9)11/h1,4-5,7,10H,6H2,2H3. The number of terminal acetylenes is 1. The lowest BCUT2D eigenvalue weighted by Gasteiger charge is -2.23. The summed E-state index contributed by atoms with van der Waals surface area (Å²) in [4.78, 5) is 11.2. The SMILES string of the molecule is C#CCC1(C)C(=O)C=CC1O. The maximum Gasteiger partial charge on any atom is 0.165 e. The molecule has 1 aliphatic rings. The van der Waals surface area contributed by atoms with Crippen LogP contribution in [0.15, 0.2) is 12.2 Å². The smallest absolute Gasteiger partial charge is 0.165 e. The van der Waals surface area contributed by atoms with Gasteiger partial charge in [-0.15, -0.1) is 12.3 Å². The Morgan fingerprint density at radius 2 is 2.55 bits per heavy atom. The van der Waals surface area contributed by atoms with Crippen molar-refractivity contribution < 1.29 is 9.90 Å². The molecular weight excluding hydrogens is 140 g/mol. The van der Waals surface area contributed by atoms with Gasteiger partial charge in [-0.2, -0.15) is 0 Å². The van der Waals surface area contributed by atoms with Crippen LogP contribution in [0.3, 0.4) is 0 Å². The number of carbonyl (C=O) groups excluding carboxylic acids is 1. The molecule has 0 aromatic heterocycles. The fourth-order valence-electron chi connectivity index (χ4n) is 1.13. The van der Waals surface area contributed by atoms with Gasteiger partial charge in [-0.05, 0) is 13.0 Å². The van der Waals surface area contributed by atoms with Crippen molar-refractivity contribution in [2.75, 3.05) is 0 Å². The van der Waals surface area contributed by atoms with Crippen LogP contribution in [-0.2, 0) is 4.79 Å². The number of aliphatic hydroxyl groups is 1. The molecule has 1 aliphatic carbocycles. The Bertz CT molecular complexity index is 247. The second-order valence-corrected chi connectivity index (χ2v) is 2.97. The molecule has 0 spiro atoms. The van der Waals surface area contributed by atoms with E-state index in [1.54, 1.807) is 6.92 Å². The highest BCUT2D eigenvalue weighted by Crippen LogP contribution is 2.32. The van der Waals surface area contributed by atoms with Crippen molar-refractivity contribution in [3.63, 3.8) is 0 Å². The van der Waals surface area contributed by atoms with Crippen molar-refractivity contribution in [2.45, 2.75) is 19.4 Å². The monoisotopic (exact) mass is 150 g/mol. The van der Waals surface area contributed by atoms with Gasteiger partial charge in [0.2, 0.25) is 0 Å². The van der Waals surface area contributed by atoms with E-state index in [0.717, 1.165) is 0 Å². The van der Waals surface area contributed by atoms with Crippen LogP contribution < -0.4 is 0 Å². The Morgan fingerprint density at radius 3 is 2.91 bits per heavy atom. The summed E-state index contributed by atoms with van der Waals surface area (Å²) < 4.78 is 0. The van der Waals surface area contributed by atoms with E-state index < -0.39 is 11.5 Å². The summed E-state index contributed by atoms with van der Waals surface area (Å²) in [5.41, 5.74) is -0.769. The van der Waals surface area contributed by atoms with E-state index in [-0.39, 0.29) is 5.78 Å². The molecule has 58 valence electrons. The van der Waals surface area contributed by atoms with Gasteiger partial charge in [0, 0.05) is 6.42 Å². The zero-order valence-electron chi connectivity index (χ0n) is 6.37. The Hall–Kier alpha value is -1.07. The summed E-state index contributed by atoms with van der Waals surface area (Å²) in [6.45, 7) is 1.68. The summed E-state index contributed by atoms with van der Waals surface area (Å²) in [5, 5.41) is 9.35. The minimum Gasteiger partial charge on any atom is -0.388 e. The quantitative estimate of drug-likeness (QED) is 0.553. The molecule has 0 bridgehead atoms. The first-order valence-corrected chi connectivity index (χ1v) is 3.45. The number of aliphatic hydroxyl groups excluding tert-OH is 1. The first kappa shape index (κ1) is 8.03. The Balaban J connectivity index is 2.87. The van der Waals surface area contributed by atoms with Gasteiger partial charge >= 0.3 is 0 Å². The summed E-state index contributed by atoms with van der Waals surface area (Å²) in [6, 6.07) is 0. The van der Waals surface area contributed by atoms with Crippen molar-refractivity contribution in [2.24, 2.45) is 5.41 Å². The highest BCUT2D eigenvalue weighted by molar-refractivity contribution is 5.98. The van der Waals surface area contributed by atoms with Gasteiger partial charge in [0.05, 0.1) is 11.5 Å². The topological polar surface area (TPSA) is 37.3 Å². The van der Waals surface area contributed by atoms with Crippen molar-refractivity contribution >= 4 is 5.78 Å². The molecule has 0 radical (unpaired) electrons. The largest absolute Gasteiger partial charge is 0.388 e. The van der Waals surface area contributed by atoms with Gasteiger partial charge in [-0.1, -0.05) is 6.08 Å². The molecule has 0 aromatic rings. The molecule has 0 heterocycles. The summed E-state index contributed by atoms with van der Waals surface area (Å²) >= 11 is 0. The van der Waals surface area contributed by atoms with Crippen LogP contribution in [0.5, 0.6) is 0 Å². The van der Waals surface area contributed by atoms with Crippen LogP contribution in [0, 0.1) is 17.8 Å². The molecule has 0 aliphatic heterocycles. The lowest BCUT2D eigenvalue weighted by Crippen LogP contribution is -2.33. The maximum absolute atomic E-state index is 11.2. The maximum atomic E-state index is 11.2. The van der Waals surface area contributed by atoms with E-state index in [1.165, 1.54) is 12.2 Å². The fourth-order valence-corrected chi connectivity index (χ4v) is 1.13. The molecule has 2 unspecified atom stereocenters. The van der Waals surface area contributed by atoms with Gasteiger partial charge in [0.25, 0.3) is 0 Å². The van der Waals surface area contributed by atoms with E-state index in [1.807, 2.05) is 0 Å². The number of allylic oxidation sites excluding steroid dienone is 1. The molecule has 0 aromatic carbocycles. The van der Waals surface area contributed by atoms with E-state index in [9.17, 15) is 9.90 Å². The van der Waals surface area contributed by atoms with Gasteiger partial charge in [0.1, 0.15) is 0 Å². The molecule has 0 amide bonds. The number of rotatable bonds is 1. The Kier molecular flexibility index (Phi) is 1.84. The third kappa shape index (κ3) is 1.08. The van der Waals surface area contributed by atoms with Crippen molar-refractivity contribution in [1.82, 2.24) is 0 Å². The van der Waals surface area contributed by atoms with E-state index >= 15 is 0 Å². The minimum absolute atomic E-state index is 0.0806. The van der Waals surface area contributed by atoms with Gasteiger partial charge in [-0.25, -0.2) is 0 Å². The third-order valence-electron chi connectivity index (χ3n) is 2.11. The summed E-state index contributed by atoms with van der Waals surface area (Å²) in [6.07, 6.45) is 7.53. The molecule has 1 rings (SSSR count). The Morgan fingerprint density at radius 1 is 1.91 bits per heavy atom. The molecular formula is C9H10O2. The molecule has 0 fully saturated rings. The van der Waals surface area contributed by atoms with E-state index in [4.69, 9.17) is 6.42 Å². The zero-order chi connectivity index (χ0) is 8.48. The lowest BCUT2D eigenvalue weighted by atomic mass is 9.82. The average molecular weight is 150 g/mol. The second kappa shape index (κ2) is 2.52. The van der Waals surface area contributed by atoms with E-state index in [2.05, 4.69) is 5.92 Å². The second-order valence-electron chi connectivity index (χ2n) is 2.97. The molecule has 11 heavy (non-hydrogen) atoms. The number of hydrogen-bond acceptors (Lipinski definition) is 2. The minimum atomic E-state index is -0.769. The van der Waals surface area contributed by atoms with Crippen molar-refractivity contribution in [1.29, 1.82) is 0 Å². The van der Waals surface area contributed by atoms with Crippen molar-refractivity contribution in [3.05, 3.63) is 12.2 Å². The fraction of sp³-hybridized carbons (Fsp3) is 0.444. The number of carbonyl (C=O) groups is 1. The first-order chi connectivity index (χ1) is 5.11. The van der Waals surface area contributed by atoms with Crippen LogP contribution in [-0.4, -0.2) is 17.0 Å². The predicted octanol–water partition coefficient (Wildman–Crippen LogP) is 0.516. The normalized spacial score (nSPS) is 35.7. The summed E-state index contributed by atoms with van der Waals surface area (Å²) in [5.74, 6) is 2.31. The van der Waals surface area contributed by atoms with Crippen molar-refractivity contribution in [3.8, 4) is 12.3 Å². The Labute approximate surface area is 65.9 Å². The highest BCUT2D eigenvalue weighted by atomic mass is 16.3. The average Bonchev–Trinajstić information content (AvgIpc) is 2.19. The molecule has 0 saturated heterocycles.